The monoisotopic (exact) mass is 502 g/mol. The van der Waals surface area contributed by atoms with Gasteiger partial charge in [-0.2, -0.15) is 0 Å². The van der Waals surface area contributed by atoms with Crippen LogP contribution in [0.2, 0.25) is 12.1 Å². The minimum Gasteiger partial charge on any atom is -0.490 e. The molecule has 0 fully saturated rings. The molecule has 2 rings (SSSR count). The lowest BCUT2D eigenvalue weighted by Gasteiger charge is -2.16. The smallest absolute Gasteiger partial charge is 0.161 e. The summed E-state index contributed by atoms with van der Waals surface area (Å²) in [4.78, 5) is 0. The van der Waals surface area contributed by atoms with Crippen LogP contribution in [-0.2, 0) is 0 Å². The predicted molar refractivity (Wildman–Crippen MR) is 151 cm³/mol. The summed E-state index contributed by atoms with van der Waals surface area (Å²) in [6, 6.07) is 15.5. The van der Waals surface area contributed by atoms with E-state index in [1.807, 2.05) is 0 Å². The van der Waals surface area contributed by atoms with Gasteiger partial charge in [0.25, 0.3) is 0 Å². The van der Waals surface area contributed by atoms with Gasteiger partial charge in [-0.25, -0.2) is 0 Å². The van der Waals surface area contributed by atoms with E-state index >= 15 is 0 Å². The van der Waals surface area contributed by atoms with Gasteiger partial charge >= 0.3 is 0 Å². The molecule has 0 radical (unpaired) electrons. The van der Waals surface area contributed by atoms with Gasteiger partial charge in [0.15, 0.2) is 23.0 Å². The van der Waals surface area contributed by atoms with E-state index in [2.05, 4.69) is 64.1 Å². The van der Waals surface area contributed by atoms with Crippen molar-refractivity contribution >= 4 is 29.4 Å². The van der Waals surface area contributed by atoms with E-state index in [0.717, 1.165) is 75.1 Å². The van der Waals surface area contributed by atoms with Crippen LogP contribution < -0.4 is 29.3 Å². The minimum atomic E-state index is -0.373. The van der Waals surface area contributed by atoms with Gasteiger partial charge in [0.05, 0.1) is 45.5 Å². The molecule has 0 heterocycles. The lowest BCUT2D eigenvalue weighted by Crippen LogP contribution is -2.20. The molecule has 0 aliphatic rings. The predicted octanol–water partition coefficient (Wildman–Crippen LogP) is 4.75. The van der Waals surface area contributed by atoms with Crippen LogP contribution >= 0.6 is 0 Å². The van der Waals surface area contributed by atoms with E-state index in [-0.39, 0.29) is 19.0 Å². The molecule has 2 aromatic carbocycles. The third-order valence-electron chi connectivity index (χ3n) is 5.59. The lowest BCUT2D eigenvalue weighted by atomic mass is 10.3. The Hall–Kier alpha value is -1.93. The zero-order valence-corrected chi connectivity index (χ0v) is 24.8. The molecule has 2 aromatic rings. The second-order valence-corrected chi connectivity index (χ2v) is 12.7. The molecule has 0 saturated carbocycles. The molecule has 0 amide bonds. The van der Waals surface area contributed by atoms with Crippen LogP contribution in [0.15, 0.2) is 36.4 Å². The summed E-state index contributed by atoms with van der Waals surface area (Å²) in [5.41, 5.74) is 0. The standard InChI is InChI=1S/C28H46O4Si2/c1-5-17-29-23-13-11-15-25(27(23)31-19-7-3)33-21-9-10-22-34-26-16-12-14-24(30-18-6-2)28(26)32-20-8-4/h11-16H,5-10,17-22,33-34H2,1-4H3. The fourth-order valence-electron chi connectivity index (χ4n) is 3.89. The second-order valence-electron chi connectivity index (χ2n) is 8.80. The van der Waals surface area contributed by atoms with Gasteiger partial charge in [0.2, 0.25) is 0 Å². The molecule has 0 N–H and O–H groups in total. The Balaban J connectivity index is 1.87. The van der Waals surface area contributed by atoms with Crippen LogP contribution in [0.25, 0.3) is 0 Å². The number of unbranched alkanes of at least 4 members (excludes halogenated alkanes) is 1. The highest BCUT2D eigenvalue weighted by Gasteiger charge is 2.13. The van der Waals surface area contributed by atoms with Crippen molar-refractivity contribution in [2.75, 3.05) is 26.4 Å². The van der Waals surface area contributed by atoms with Crippen LogP contribution in [-0.4, -0.2) is 45.5 Å². The molecule has 0 aliphatic heterocycles. The van der Waals surface area contributed by atoms with Gasteiger partial charge in [0, 0.05) is 0 Å². The summed E-state index contributed by atoms with van der Waals surface area (Å²) >= 11 is 0. The highest BCUT2D eigenvalue weighted by Crippen LogP contribution is 2.26. The third-order valence-corrected chi connectivity index (χ3v) is 9.49. The first kappa shape index (κ1) is 28.3. The van der Waals surface area contributed by atoms with Crippen LogP contribution in [0.5, 0.6) is 23.0 Å². The van der Waals surface area contributed by atoms with E-state index in [1.165, 1.54) is 35.3 Å². The molecule has 0 bridgehead atoms. The average molecular weight is 503 g/mol. The minimum absolute atomic E-state index is 0.373. The molecule has 0 atom stereocenters. The Morgan fingerprint density at radius 3 is 1.29 bits per heavy atom. The molecular weight excluding hydrogens is 456 g/mol. The maximum absolute atomic E-state index is 6.13. The summed E-state index contributed by atoms with van der Waals surface area (Å²) in [5.74, 6) is 3.89. The molecule has 0 aliphatic carbocycles. The van der Waals surface area contributed by atoms with Crippen molar-refractivity contribution in [2.24, 2.45) is 0 Å². The fraction of sp³-hybridized carbons (Fsp3) is 0.571. The van der Waals surface area contributed by atoms with Crippen molar-refractivity contribution in [3.63, 3.8) is 0 Å². The Bertz CT molecular complexity index is 745. The highest BCUT2D eigenvalue weighted by atomic mass is 28.2. The molecule has 0 unspecified atom stereocenters. The summed E-state index contributed by atoms with van der Waals surface area (Å²) in [6.45, 7) is 11.6. The fourth-order valence-corrected chi connectivity index (χ4v) is 7.47. The molecule has 0 saturated heterocycles. The van der Waals surface area contributed by atoms with Crippen molar-refractivity contribution in [3.8, 4) is 23.0 Å². The van der Waals surface area contributed by atoms with Crippen molar-refractivity contribution in [1.82, 2.24) is 0 Å². The van der Waals surface area contributed by atoms with Crippen molar-refractivity contribution in [3.05, 3.63) is 36.4 Å². The highest BCUT2D eigenvalue weighted by molar-refractivity contribution is 6.55. The maximum atomic E-state index is 6.13. The normalized spacial score (nSPS) is 11.5. The topological polar surface area (TPSA) is 36.9 Å². The Labute approximate surface area is 212 Å². The first-order valence-electron chi connectivity index (χ1n) is 13.5. The van der Waals surface area contributed by atoms with Gasteiger partial charge in [-0.05, 0) is 48.2 Å². The van der Waals surface area contributed by atoms with Crippen molar-refractivity contribution in [2.45, 2.75) is 78.3 Å². The van der Waals surface area contributed by atoms with Crippen LogP contribution in [0, 0.1) is 0 Å². The molecule has 0 spiro atoms. The van der Waals surface area contributed by atoms with E-state index < -0.39 is 0 Å². The van der Waals surface area contributed by atoms with Gasteiger partial charge < -0.3 is 18.9 Å². The van der Waals surface area contributed by atoms with Gasteiger partial charge in [0.1, 0.15) is 0 Å². The molecule has 190 valence electrons. The molecular formula is C28H46O4Si2. The number of hydrogen-bond donors (Lipinski definition) is 0. The van der Waals surface area contributed by atoms with E-state index in [4.69, 9.17) is 18.9 Å². The molecule has 34 heavy (non-hydrogen) atoms. The number of benzene rings is 2. The second kappa shape index (κ2) is 17.5. The van der Waals surface area contributed by atoms with E-state index in [0.29, 0.717) is 0 Å². The van der Waals surface area contributed by atoms with Crippen molar-refractivity contribution < 1.29 is 18.9 Å². The van der Waals surface area contributed by atoms with Crippen molar-refractivity contribution in [1.29, 1.82) is 0 Å². The molecule has 4 nitrogen and oxygen atoms in total. The average Bonchev–Trinajstić information content (AvgIpc) is 2.86. The van der Waals surface area contributed by atoms with Crippen LogP contribution in [0.4, 0.5) is 0 Å². The Morgan fingerprint density at radius 1 is 0.529 bits per heavy atom. The van der Waals surface area contributed by atoms with E-state index in [1.54, 1.807) is 0 Å². The molecule has 6 heteroatoms. The Kier molecular flexibility index (Phi) is 14.6. The first-order valence-corrected chi connectivity index (χ1v) is 16.9. The zero-order chi connectivity index (χ0) is 24.4. The summed E-state index contributed by atoms with van der Waals surface area (Å²) in [5, 5.41) is 2.82. The molecule has 0 aromatic heterocycles. The van der Waals surface area contributed by atoms with Gasteiger partial charge in [-0.1, -0.05) is 76.9 Å². The zero-order valence-electron chi connectivity index (χ0n) is 22.0. The van der Waals surface area contributed by atoms with Crippen LogP contribution in [0.1, 0.15) is 66.2 Å². The lowest BCUT2D eigenvalue weighted by molar-refractivity contribution is 0.270. The summed E-state index contributed by atoms with van der Waals surface area (Å²) < 4.78 is 24.2. The third kappa shape index (κ3) is 9.75. The SMILES string of the molecule is CCCOc1cccc([SiH2]CCCC[SiH2]c2cccc(OCCC)c2OCCC)c1OCCC. The maximum Gasteiger partial charge on any atom is 0.161 e. The largest absolute Gasteiger partial charge is 0.490 e. The van der Waals surface area contributed by atoms with Gasteiger partial charge in [-0.3, -0.25) is 0 Å². The summed E-state index contributed by atoms with van der Waals surface area (Å²) in [7, 11) is -0.746. The quantitative estimate of drug-likeness (QED) is 0.205. The van der Waals surface area contributed by atoms with E-state index in [9.17, 15) is 0 Å². The first-order chi connectivity index (χ1) is 16.7. The number of rotatable bonds is 19. The summed E-state index contributed by atoms with van der Waals surface area (Å²) in [6.07, 6.45) is 6.65. The van der Waals surface area contributed by atoms with Crippen LogP contribution in [0.3, 0.4) is 0 Å². The Morgan fingerprint density at radius 2 is 0.912 bits per heavy atom. The number of para-hydroxylation sites is 2. The number of ether oxygens (including phenoxy) is 4. The van der Waals surface area contributed by atoms with Gasteiger partial charge in [-0.15, -0.1) is 0 Å². The number of hydrogen-bond acceptors (Lipinski definition) is 4.